The normalized spacial score (nSPS) is 10.1. The highest BCUT2D eigenvalue weighted by Gasteiger charge is 2.13. The largest absolute Gasteiger partial charge is 0.337 e. The Morgan fingerprint density at radius 3 is 2.37 bits per heavy atom. The van der Waals surface area contributed by atoms with Gasteiger partial charge in [-0.2, -0.15) is 0 Å². The van der Waals surface area contributed by atoms with Crippen LogP contribution in [0.5, 0.6) is 0 Å². The quantitative estimate of drug-likeness (QED) is 0.668. The van der Waals surface area contributed by atoms with Crippen LogP contribution in [0.3, 0.4) is 0 Å². The third-order valence-electron chi connectivity index (χ3n) is 3.98. The average molecular weight is 369 g/mol. The van der Waals surface area contributed by atoms with E-state index >= 15 is 0 Å². The summed E-state index contributed by atoms with van der Waals surface area (Å²) in [7, 11) is 0. The van der Waals surface area contributed by atoms with Crippen molar-refractivity contribution in [3.63, 3.8) is 0 Å². The van der Waals surface area contributed by atoms with Crippen molar-refractivity contribution in [1.29, 1.82) is 0 Å². The molecule has 142 valence electrons. The van der Waals surface area contributed by atoms with Crippen LogP contribution in [0.1, 0.15) is 11.1 Å². The molecule has 6 heteroatoms. The number of hydrogen-bond acceptors (Lipinski definition) is 2. The molecule has 0 aliphatic rings. The number of amides is 3. The Bertz CT molecular complexity index is 748. The summed E-state index contributed by atoms with van der Waals surface area (Å²) in [4.78, 5) is 25.9. The first kappa shape index (κ1) is 20.2. The summed E-state index contributed by atoms with van der Waals surface area (Å²) in [5.41, 5.74) is 1.92. The van der Waals surface area contributed by atoms with Gasteiger partial charge in [0, 0.05) is 19.6 Å². The van der Waals surface area contributed by atoms with Gasteiger partial charge in [-0.1, -0.05) is 48.5 Å². The van der Waals surface area contributed by atoms with Gasteiger partial charge in [0.1, 0.15) is 5.82 Å². The number of carbonyl (C=O) groups is 2. The highest BCUT2D eigenvalue weighted by Crippen LogP contribution is 2.03. The maximum atomic E-state index is 12.9. The van der Waals surface area contributed by atoms with Crippen molar-refractivity contribution in [2.24, 2.45) is 0 Å². The topological polar surface area (TPSA) is 61.4 Å². The lowest BCUT2D eigenvalue weighted by atomic mass is 10.1. The molecule has 0 spiro atoms. The van der Waals surface area contributed by atoms with Gasteiger partial charge in [0.05, 0.1) is 6.54 Å². The smallest absolute Gasteiger partial charge is 0.315 e. The van der Waals surface area contributed by atoms with Crippen LogP contribution in [0.25, 0.3) is 0 Å². The predicted octanol–water partition coefficient (Wildman–Crippen LogP) is 2.88. The molecule has 0 aliphatic heterocycles. The molecule has 0 aromatic heterocycles. The summed E-state index contributed by atoms with van der Waals surface area (Å²) in [6.07, 6.45) is 2.40. The van der Waals surface area contributed by atoms with E-state index in [4.69, 9.17) is 0 Å². The molecule has 27 heavy (non-hydrogen) atoms. The van der Waals surface area contributed by atoms with Crippen molar-refractivity contribution < 1.29 is 14.0 Å². The lowest BCUT2D eigenvalue weighted by molar-refractivity contribution is -0.129. The third-order valence-corrected chi connectivity index (χ3v) is 3.98. The van der Waals surface area contributed by atoms with E-state index < -0.39 is 6.03 Å². The number of urea groups is 1. The van der Waals surface area contributed by atoms with Gasteiger partial charge < -0.3 is 15.5 Å². The van der Waals surface area contributed by atoms with E-state index in [1.54, 1.807) is 23.1 Å². The number of nitrogens with zero attached hydrogens (tertiary/aromatic N) is 1. The zero-order valence-electron chi connectivity index (χ0n) is 15.2. The van der Waals surface area contributed by atoms with Gasteiger partial charge in [-0.05, 0) is 29.7 Å². The zero-order chi connectivity index (χ0) is 19.5. The molecule has 0 fully saturated rings. The molecular weight excluding hydrogens is 345 g/mol. The van der Waals surface area contributed by atoms with Gasteiger partial charge in [-0.3, -0.25) is 4.79 Å². The van der Waals surface area contributed by atoms with Gasteiger partial charge >= 0.3 is 6.03 Å². The minimum Gasteiger partial charge on any atom is -0.337 e. The number of rotatable bonds is 9. The maximum absolute atomic E-state index is 12.9. The van der Waals surface area contributed by atoms with E-state index in [-0.39, 0.29) is 24.8 Å². The molecule has 2 rings (SSSR count). The molecule has 0 saturated heterocycles. The van der Waals surface area contributed by atoms with E-state index in [0.717, 1.165) is 17.5 Å². The Morgan fingerprint density at radius 2 is 1.70 bits per heavy atom. The first-order valence-electron chi connectivity index (χ1n) is 8.77. The fourth-order valence-electron chi connectivity index (χ4n) is 2.50. The van der Waals surface area contributed by atoms with Crippen LogP contribution in [0.15, 0.2) is 67.3 Å². The fraction of sp³-hybridized carbons (Fsp3) is 0.238. The van der Waals surface area contributed by atoms with E-state index in [0.29, 0.717) is 13.1 Å². The first-order chi connectivity index (χ1) is 13.1. The average Bonchev–Trinajstić information content (AvgIpc) is 2.69. The molecule has 0 saturated carbocycles. The lowest BCUT2D eigenvalue weighted by Crippen LogP contribution is -2.44. The second-order valence-corrected chi connectivity index (χ2v) is 6.03. The molecule has 0 radical (unpaired) electrons. The van der Waals surface area contributed by atoms with Crippen LogP contribution >= 0.6 is 0 Å². The highest BCUT2D eigenvalue weighted by molar-refractivity contribution is 5.84. The Balaban J connectivity index is 1.75. The molecule has 0 atom stereocenters. The maximum Gasteiger partial charge on any atom is 0.315 e. The zero-order valence-corrected chi connectivity index (χ0v) is 15.2. The fourth-order valence-corrected chi connectivity index (χ4v) is 2.50. The van der Waals surface area contributed by atoms with Crippen molar-refractivity contribution in [1.82, 2.24) is 15.5 Å². The molecule has 5 nitrogen and oxygen atoms in total. The predicted molar refractivity (Wildman–Crippen MR) is 104 cm³/mol. The van der Waals surface area contributed by atoms with Crippen molar-refractivity contribution >= 4 is 11.9 Å². The summed E-state index contributed by atoms with van der Waals surface area (Å²) >= 11 is 0. The Hall–Kier alpha value is -3.15. The molecule has 2 N–H and O–H groups in total. The van der Waals surface area contributed by atoms with Gasteiger partial charge in [0.25, 0.3) is 0 Å². The van der Waals surface area contributed by atoms with Gasteiger partial charge in [-0.15, -0.1) is 6.58 Å². The molecule has 0 unspecified atom stereocenters. The van der Waals surface area contributed by atoms with Crippen molar-refractivity contribution in [2.75, 3.05) is 19.6 Å². The molecule has 2 aromatic carbocycles. The Morgan fingerprint density at radius 1 is 1.00 bits per heavy atom. The second kappa shape index (κ2) is 10.8. The first-order valence-corrected chi connectivity index (χ1v) is 8.77. The van der Waals surface area contributed by atoms with Gasteiger partial charge in [0.15, 0.2) is 0 Å². The van der Waals surface area contributed by atoms with Crippen molar-refractivity contribution in [2.45, 2.75) is 13.0 Å². The minimum absolute atomic E-state index is 0.0993. The van der Waals surface area contributed by atoms with Gasteiger partial charge in [-0.25, -0.2) is 9.18 Å². The molecule has 0 aliphatic carbocycles. The van der Waals surface area contributed by atoms with Crippen LogP contribution in [0.4, 0.5) is 9.18 Å². The van der Waals surface area contributed by atoms with Crippen LogP contribution in [0.2, 0.25) is 0 Å². The standard InChI is InChI=1S/C21H24FN3O2/c1-2-13-25(14-12-17-6-4-3-5-7-17)20(26)16-24-21(27)23-15-18-8-10-19(22)11-9-18/h2-11H,1,12-16H2,(H2,23,24,27). The number of benzene rings is 2. The minimum atomic E-state index is -0.450. The van der Waals surface area contributed by atoms with Crippen molar-refractivity contribution in [3.8, 4) is 0 Å². The monoisotopic (exact) mass is 369 g/mol. The van der Waals surface area contributed by atoms with Crippen LogP contribution in [0, 0.1) is 5.82 Å². The summed E-state index contributed by atoms with van der Waals surface area (Å²) in [6.45, 7) is 4.81. The third kappa shape index (κ3) is 7.32. The van der Waals surface area contributed by atoms with Crippen LogP contribution in [-0.4, -0.2) is 36.5 Å². The number of carbonyl (C=O) groups excluding carboxylic acids is 2. The molecule has 0 bridgehead atoms. The lowest BCUT2D eigenvalue weighted by Gasteiger charge is -2.21. The second-order valence-electron chi connectivity index (χ2n) is 6.03. The number of halogens is 1. The number of hydrogen-bond donors (Lipinski definition) is 2. The van der Waals surface area contributed by atoms with E-state index in [2.05, 4.69) is 17.2 Å². The van der Waals surface area contributed by atoms with Crippen LogP contribution in [-0.2, 0) is 17.8 Å². The van der Waals surface area contributed by atoms with Crippen molar-refractivity contribution in [3.05, 3.63) is 84.2 Å². The molecular formula is C21H24FN3O2. The molecule has 0 heterocycles. The summed E-state index contributed by atoms with van der Waals surface area (Å²) in [6, 6.07) is 15.3. The number of nitrogens with one attached hydrogen (secondary N) is 2. The Labute approximate surface area is 158 Å². The SMILES string of the molecule is C=CCN(CCc1ccccc1)C(=O)CNC(=O)NCc1ccc(F)cc1. The highest BCUT2D eigenvalue weighted by atomic mass is 19.1. The molecule has 3 amide bonds. The van der Waals surface area contributed by atoms with Gasteiger partial charge in [0.2, 0.25) is 5.91 Å². The summed E-state index contributed by atoms with van der Waals surface area (Å²) < 4.78 is 12.9. The van der Waals surface area contributed by atoms with E-state index in [1.807, 2.05) is 30.3 Å². The van der Waals surface area contributed by atoms with E-state index in [9.17, 15) is 14.0 Å². The summed E-state index contributed by atoms with van der Waals surface area (Å²) in [5, 5.41) is 5.19. The molecule has 2 aromatic rings. The van der Waals surface area contributed by atoms with E-state index in [1.165, 1.54) is 12.1 Å². The Kier molecular flexibility index (Phi) is 8.03. The summed E-state index contributed by atoms with van der Waals surface area (Å²) in [5.74, 6) is -0.505. The van der Waals surface area contributed by atoms with Crippen LogP contribution < -0.4 is 10.6 Å².